The fraction of sp³-hybridized carbons (Fsp3) is 0.364. The van der Waals surface area contributed by atoms with E-state index in [0.717, 1.165) is 18.2 Å². The Morgan fingerprint density at radius 1 is 1.50 bits per heavy atom. The Morgan fingerprint density at radius 2 is 2.30 bits per heavy atom. The topological polar surface area (TPSA) is 98.8 Å². The molecule has 0 saturated heterocycles. The summed E-state index contributed by atoms with van der Waals surface area (Å²) in [6, 6.07) is 0. The van der Waals surface area contributed by atoms with Crippen LogP contribution >= 0.6 is 11.8 Å². The molecule has 0 amide bonds. The van der Waals surface area contributed by atoms with Gasteiger partial charge in [-0.05, 0) is 18.2 Å². The van der Waals surface area contributed by atoms with Crippen molar-refractivity contribution in [2.24, 2.45) is 7.05 Å². The first-order valence-electron chi connectivity index (χ1n) is 6.02. The Balaban J connectivity index is 2.31. The maximum absolute atomic E-state index is 11.0. The molecule has 1 N–H and O–H groups in total. The normalized spacial score (nSPS) is 10.5. The number of nitro groups is 1. The highest BCUT2D eigenvalue weighted by molar-refractivity contribution is 7.99. The van der Waals surface area contributed by atoms with Crippen LogP contribution in [0.25, 0.3) is 0 Å². The van der Waals surface area contributed by atoms with E-state index >= 15 is 0 Å². The highest BCUT2D eigenvalue weighted by Crippen LogP contribution is 2.31. The van der Waals surface area contributed by atoms with Gasteiger partial charge < -0.3 is 9.88 Å². The van der Waals surface area contributed by atoms with Crippen LogP contribution in [0, 0.1) is 10.1 Å². The molecule has 0 bridgehead atoms. The van der Waals surface area contributed by atoms with Gasteiger partial charge in [-0.1, -0.05) is 6.92 Å². The smallest absolute Gasteiger partial charge is 0.320 e. The van der Waals surface area contributed by atoms with Gasteiger partial charge in [0, 0.05) is 26.0 Å². The average molecular weight is 294 g/mol. The monoisotopic (exact) mass is 294 g/mol. The second-order valence-electron chi connectivity index (χ2n) is 3.99. The quantitative estimate of drug-likeness (QED) is 0.494. The zero-order valence-electron chi connectivity index (χ0n) is 11.1. The van der Waals surface area contributed by atoms with E-state index in [4.69, 9.17) is 0 Å². The number of hydrogen-bond donors (Lipinski definition) is 1. The lowest BCUT2D eigenvalue weighted by molar-refractivity contribution is -0.388. The molecule has 2 aromatic rings. The number of anilines is 1. The molecule has 2 aromatic heterocycles. The summed E-state index contributed by atoms with van der Waals surface area (Å²) in [4.78, 5) is 22.8. The number of nitrogens with zero attached hydrogens (tertiary/aromatic N) is 5. The van der Waals surface area contributed by atoms with Gasteiger partial charge in [0.1, 0.15) is 6.20 Å². The SMILES string of the molecule is CCCNc1ncc([N+](=O)[O-])c(Sc2nccn2C)n1. The molecular weight excluding hydrogens is 280 g/mol. The van der Waals surface area contributed by atoms with E-state index in [1.165, 1.54) is 6.20 Å². The lowest BCUT2D eigenvalue weighted by Gasteiger charge is -2.05. The van der Waals surface area contributed by atoms with Crippen molar-refractivity contribution in [3.05, 3.63) is 28.7 Å². The van der Waals surface area contributed by atoms with Crippen molar-refractivity contribution in [3.63, 3.8) is 0 Å². The van der Waals surface area contributed by atoms with Crippen molar-refractivity contribution >= 4 is 23.4 Å². The summed E-state index contributed by atoms with van der Waals surface area (Å²) < 4.78 is 1.77. The molecule has 2 rings (SSSR count). The molecule has 0 fully saturated rings. The van der Waals surface area contributed by atoms with Crippen LogP contribution < -0.4 is 5.32 Å². The highest BCUT2D eigenvalue weighted by atomic mass is 32.2. The molecule has 106 valence electrons. The van der Waals surface area contributed by atoms with Crippen LogP contribution in [0.4, 0.5) is 11.6 Å². The number of rotatable bonds is 6. The van der Waals surface area contributed by atoms with E-state index in [0.29, 0.717) is 17.6 Å². The first kappa shape index (κ1) is 14.3. The van der Waals surface area contributed by atoms with Gasteiger partial charge in [-0.3, -0.25) is 10.1 Å². The minimum atomic E-state index is -0.491. The first-order valence-corrected chi connectivity index (χ1v) is 6.84. The maximum atomic E-state index is 11.0. The van der Waals surface area contributed by atoms with Gasteiger partial charge >= 0.3 is 5.69 Å². The maximum Gasteiger partial charge on any atom is 0.320 e. The summed E-state index contributed by atoms with van der Waals surface area (Å²) in [5.41, 5.74) is -0.125. The lowest BCUT2D eigenvalue weighted by Crippen LogP contribution is -2.06. The van der Waals surface area contributed by atoms with Crippen LogP contribution in [0.2, 0.25) is 0 Å². The van der Waals surface area contributed by atoms with E-state index < -0.39 is 4.92 Å². The van der Waals surface area contributed by atoms with Gasteiger partial charge in [0.2, 0.25) is 5.95 Å². The van der Waals surface area contributed by atoms with Crippen molar-refractivity contribution in [1.82, 2.24) is 19.5 Å². The molecule has 0 saturated carbocycles. The average Bonchev–Trinajstić information content (AvgIpc) is 2.82. The number of aryl methyl sites for hydroxylation is 1. The Labute approximate surface area is 119 Å². The molecule has 2 heterocycles. The summed E-state index contributed by atoms with van der Waals surface area (Å²) in [5.74, 6) is 0.383. The third-order valence-electron chi connectivity index (χ3n) is 2.43. The summed E-state index contributed by atoms with van der Waals surface area (Å²) >= 11 is 1.14. The minimum Gasteiger partial charge on any atom is -0.354 e. The molecule has 9 heteroatoms. The predicted molar refractivity (Wildman–Crippen MR) is 74.8 cm³/mol. The van der Waals surface area contributed by atoms with Crippen LogP contribution in [-0.4, -0.2) is 31.0 Å². The molecule has 0 aromatic carbocycles. The van der Waals surface area contributed by atoms with Gasteiger partial charge in [0.05, 0.1) is 4.92 Å². The summed E-state index contributed by atoms with van der Waals surface area (Å²) in [6.07, 6.45) is 5.54. The van der Waals surface area contributed by atoms with Crippen molar-refractivity contribution in [1.29, 1.82) is 0 Å². The standard InChI is InChI=1S/C11H14N6O2S/c1-3-4-12-10-14-7-8(17(18)19)9(15-10)20-11-13-5-6-16(11)2/h5-7H,3-4H2,1-2H3,(H,12,14,15). The van der Waals surface area contributed by atoms with Crippen molar-refractivity contribution < 1.29 is 4.92 Å². The highest BCUT2D eigenvalue weighted by Gasteiger charge is 2.19. The van der Waals surface area contributed by atoms with Crippen molar-refractivity contribution in [2.75, 3.05) is 11.9 Å². The lowest BCUT2D eigenvalue weighted by atomic mass is 10.5. The Hall–Kier alpha value is -2.16. The van der Waals surface area contributed by atoms with E-state index in [1.54, 1.807) is 17.0 Å². The zero-order valence-corrected chi connectivity index (χ0v) is 11.9. The van der Waals surface area contributed by atoms with Crippen LogP contribution in [0.5, 0.6) is 0 Å². The number of hydrogen-bond acceptors (Lipinski definition) is 7. The van der Waals surface area contributed by atoms with E-state index in [2.05, 4.69) is 20.3 Å². The van der Waals surface area contributed by atoms with Gasteiger partial charge in [-0.25, -0.2) is 9.97 Å². The number of aromatic nitrogens is 4. The molecular formula is C11H14N6O2S. The first-order chi connectivity index (χ1) is 9.61. The van der Waals surface area contributed by atoms with Gasteiger partial charge in [-0.15, -0.1) is 0 Å². The zero-order chi connectivity index (χ0) is 14.5. The van der Waals surface area contributed by atoms with Crippen molar-refractivity contribution in [3.8, 4) is 0 Å². The number of nitrogens with one attached hydrogen (secondary N) is 1. The molecule has 0 unspecified atom stereocenters. The minimum absolute atomic E-state index is 0.125. The van der Waals surface area contributed by atoms with Crippen LogP contribution in [-0.2, 0) is 7.05 Å². The second kappa shape index (κ2) is 6.33. The van der Waals surface area contributed by atoms with Crippen LogP contribution in [0.1, 0.15) is 13.3 Å². The van der Waals surface area contributed by atoms with Crippen LogP contribution in [0.3, 0.4) is 0 Å². The van der Waals surface area contributed by atoms with E-state index in [1.807, 2.05) is 14.0 Å². The predicted octanol–water partition coefficient (Wildman–Crippen LogP) is 2.09. The third-order valence-corrected chi connectivity index (χ3v) is 3.50. The van der Waals surface area contributed by atoms with E-state index in [9.17, 15) is 10.1 Å². The molecule has 0 aliphatic rings. The molecule has 0 radical (unpaired) electrons. The third kappa shape index (κ3) is 3.23. The Morgan fingerprint density at radius 3 is 2.90 bits per heavy atom. The molecule has 0 aliphatic carbocycles. The van der Waals surface area contributed by atoms with Gasteiger partial charge in [-0.2, -0.15) is 4.98 Å². The molecule has 0 spiro atoms. The molecule has 20 heavy (non-hydrogen) atoms. The summed E-state index contributed by atoms with van der Waals surface area (Å²) in [7, 11) is 1.82. The van der Waals surface area contributed by atoms with Crippen molar-refractivity contribution in [2.45, 2.75) is 23.5 Å². The fourth-order valence-electron chi connectivity index (χ4n) is 1.42. The summed E-state index contributed by atoms with van der Waals surface area (Å²) in [5, 5.41) is 14.9. The second-order valence-corrected chi connectivity index (χ2v) is 4.95. The van der Waals surface area contributed by atoms with E-state index in [-0.39, 0.29) is 10.7 Å². The molecule has 0 aliphatic heterocycles. The number of imidazole rings is 1. The van der Waals surface area contributed by atoms with Gasteiger partial charge in [0.15, 0.2) is 10.2 Å². The van der Waals surface area contributed by atoms with Gasteiger partial charge in [0.25, 0.3) is 0 Å². The summed E-state index contributed by atoms with van der Waals surface area (Å²) in [6.45, 7) is 2.73. The largest absolute Gasteiger partial charge is 0.354 e. The molecule has 8 nitrogen and oxygen atoms in total. The van der Waals surface area contributed by atoms with Crippen LogP contribution in [0.15, 0.2) is 28.8 Å². The molecule has 0 atom stereocenters. The Kier molecular flexibility index (Phi) is 4.51. The fourth-order valence-corrected chi connectivity index (χ4v) is 2.27. The Bertz CT molecular complexity index is 615.